The van der Waals surface area contributed by atoms with Crippen molar-refractivity contribution in [2.45, 2.75) is 31.3 Å². The molecule has 0 radical (unpaired) electrons. The highest BCUT2D eigenvalue weighted by Gasteiger charge is 2.15. The average Bonchev–Trinajstić information content (AvgIpc) is 2.39. The zero-order valence-electron chi connectivity index (χ0n) is 12.0. The molecule has 20 heavy (non-hydrogen) atoms. The first-order valence-corrected chi connectivity index (χ1v) is 8.37. The van der Waals surface area contributed by atoms with Crippen molar-refractivity contribution >= 4 is 10.0 Å². The van der Waals surface area contributed by atoms with Crippen molar-refractivity contribution < 1.29 is 13.2 Å². The lowest BCUT2D eigenvalue weighted by molar-refractivity contribution is 0.0342. The molecule has 0 atom stereocenters. The van der Waals surface area contributed by atoms with E-state index < -0.39 is 10.0 Å². The maximum atomic E-state index is 12.0. The first kappa shape index (κ1) is 15.4. The number of hydrogen-bond acceptors (Lipinski definition) is 4. The van der Waals surface area contributed by atoms with Gasteiger partial charge in [-0.1, -0.05) is 12.1 Å². The molecule has 0 aromatic heterocycles. The zero-order chi connectivity index (χ0) is 14.6. The molecule has 0 spiro atoms. The molecule has 5 nitrogen and oxygen atoms in total. The lowest BCUT2D eigenvalue weighted by atomic mass is 10.2. The zero-order valence-corrected chi connectivity index (χ0v) is 12.8. The van der Waals surface area contributed by atoms with Crippen LogP contribution in [0.2, 0.25) is 0 Å². The molecule has 0 aliphatic carbocycles. The van der Waals surface area contributed by atoms with Gasteiger partial charge in [-0.3, -0.25) is 4.90 Å². The van der Waals surface area contributed by atoms with Gasteiger partial charge in [0.1, 0.15) is 0 Å². The van der Waals surface area contributed by atoms with E-state index in [1.54, 1.807) is 12.1 Å². The van der Waals surface area contributed by atoms with E-state index >= 15 is 0 Å². The fourth-order valence-electron chi connectivity index (χ4n) is 2.17. The van der Waals surface area contributed by atoms with E-state index in [1.807, 2.05) is 26.0 Å². The second-order valence-electron chi connectivity index (χ2n) is 5.31. The molecule has 0 bridgehead atoms. The Kier molecular flexibility index (Phi) is 5.15. The van der Waals surface area contributed by atoms with E-state index in [0.717, 1.165) is 38.4 Å². The summed E-state index contributed by atoms with van der Waals surface area (Å²) in [5.74, 6) is 0. The first-order valence-electron chi connectivity index (χ1n) is 6.89. The molecular formula is C14H22N2O3S. The quantitative estimate of drug-likeness (QED) is 0.887. The predicted molar refractivity (Wildman–Crippen MR) is 78.0 cm³/mol. The summed E-state index contributed by atoms with van der Waals surface area (Å²) in [4.78, 5) is 2.62. The maximum Gasteiger partial charge on any atom is 0.240 e. The Morgan fingerprint density at radius 1 is 1.20 bits per heavy atom. The highest BCUT2D eigenvalue weighted by atomic mass is 32.2. The summed E-state index contributed by atoms with van der Waals surface area (Å²) >= 11 is 0. The number of nitrogens with zero attached hydrogens (tertiary/aromatic N) is 1. The standard InChI is InChI=1S/C14H22N2O3S/c1-12(2)15-20(17,18)14-5-3-13(4-6-14)11-16-7-9-19-10-8-16/h3-6,12,15H,7-11H2,1-2H3. The summed E-state index contributed by atoms with van der Waals surface area (Å²) in [6, 6.07) is 6.99. The van der Waals surface area contributed by atoms with E-state index in [2.05, 4.69) is 9.62 Å². The summed E-state index contributed by atoms with van der Waals surface area (Å²) < 4.78 is 31.9. The smallest absolute Gasteiger partial charge is 0.240 e. The second kappa shape index (κ2) is 6.67. The van der Waals surface area contributed by atoms with E-state index in [0.29, 0.717) is 4.90 Å². The lowest BCUT2D eigenvalue weighted by Crippen LogP contribution is -2.35. The Balaban J connectivity index is 2.02. The molecule has 1 fully saturated rings. The van der Waals surface area contributed by atoms with Crippen molar-refractivity contribution in [1.29, 1.82) is 0 Å². The molecule has 1 aromatic carbocycles. The lowest BCUT2D eigenvalue weighted by Gasteiger charge is -2.26. The van der Waals surface area contributed by atoms with Gasteiger partial charge in [-0.25, -0.2) is 13.1 Å². The SMILES string of the molecule is CC(C)NS(=O)(=O)c1ccc(CN2CCOCC2)cc1. The molecule has 1 heterocycles. The van der Waals surface area contributed by atoms with Crippen LogP contribution in [-0.2, 0) is 21.3 Å². The molecule has 1 N–H and O–H groups in total. The van der Waals surface area contributed by atoms with Gasteiger partial charge in [-0.2, -0.15) is 0 Å². The van der Waals surface area contributed by atoms with E-state index in [-0.39, 0.29) is 6.04 Å². The molecule has 1 aromatic rings. The van der Waals surface area contributed by atoms with Crippen LogP contribution in [0.1, 0.15) is 19.4 Å². The highest BCUT2D eigenvalue weighted by Crippen LogP contribution is 2.13. The summed E-state index contributed by atoms with van der Waals surface area (Å²) in [6.07, 6.45) is 0. The third kappa shape index (κ3) is 4.28. The monoisotopic (exact) mass is 298 g/mol. The Morgan fingerprint density at radius 2 is 1.80 bits per heavy atom. The third-order valence-corrected chi connectivity index (χ3v) is 4.81. The van der Waals surface area contributed by atoms with Crippen molar-refractivity contribution in [3.63, 3.8) is 0 Å². The van der Waals surface area contributed by atoms with Gasteiger partial charge in [0.25, 0.3) is 0 Å². The minimum atomic E-state index is -3.39. The van der Waals surface area contributed by atoms with Gasteiger partial charge < -0.3 is 4.74 Å². The summed E-state index contributed by atoms with van der Waals surface area (Å²) in [7, 11) is -3.39. The minimum Gasteiger partial charge on any atom is -0.379 e. The molecule has 0 unspecified atom stereocenters. The Bertz CT molecular complexity index is 520. The molecule has 0 amide bonds. The van der Waals surface area contributed by atoms with Crippen LogP contribution in [0.3, 0.4) is 0 Å². The van der Waals surface area contributed by atoms with Crippen LogP contribution in [0.15, 0.2) is 29.2 Å². The molecule has 1 saturated heterocycles. The van der Waals surface area contributed by atoms with Crippen molar-refractivity contribution in [3.8, 4) is 0 Å². The predicted octanol–water partition coefficient (Wildman–Crippen LogP) is 1.21. The maximum absolute atomic E-state index is 12.0. The van der Waals surface area contributed by atoms with E-state index in [1.165, 1.54) is 0 Å². The van der Waals surface area contributed by atoms with Crippen molar-refractivity contribution in [2.24, 2.45) is 0 Å². The van der Waals surface area contributed by atoms with Crippen molar-refractivity contribution in [1.82, 2.24) is 9.62 Å². The van der Waals surface area contributed by atoms with E-state index in [4.69, 9.17) is 4.74 Å². The van der Waals surface area contributed by atoms with E-state index in [9.17, 15) is 8.42 Å². The summed E-state index contributed by atoms with van der Waals surface area (Å²) in [5.41, 5.74) is 1.12. The normalized spacial score (nSPS) is 17.6. The van der Waals surface area contributed by atoms with Crippen LogP contribution in [0.5, 0.6) is 0 Å². The number of nitrogens with one attached hydrogen (secondary N) is 1. The molecule has 0 saturated carbocycles. The van der Waals surface area contributed by atoms with Crippen LogP contribution >= 0.6 is 0 Å². The Morgan fingerprint density at radius 3 is 2.35 bits per heavy atom. The van der Waals surface area contributed by atoms with Gasteiger partial charge in [0.15, 0.2) is 0 Å². The average molecular weight is 298 g/mol. The van der Waals surface area contributed by atoms with Gasteiger partial charge in [0.2, 0.25) is 10.0 Å². The van der Waals surface area contributed by atoms with Crippen LogP contribution in [-0.4, -0.2) is 45.7 Å². The molecule has 1 aliphatic rings. The molecule has 1 aliphatic heterocycles. The molecule has 2 rings (SSSR count). The van der Waals surface area contributed by atoms with Crippen LogP contribution in [0.4, 0.5) is 0 Å². The molecule has 112 valence electrons. The van der Waals surface area contributed by atoms with Crippen molar-refractivity contribution in [3.05, 3.63) is 29.8 Å². The molecule has 6 heteroatoms. The number of morpholine rings is 1. The van der Waals surface area contributed by atoms with Crippen LogP contribution < -0.4 is 4.72 Å². The first-order chi connectivity index (χ1) is 9.47. The van der Waals surface area contributed by atoms with Gasteiger partial charge in [0, 0.05) is 25.7 Å². The fourth-order valence-corrected chi connectivity index (χ4v) is 3.42. The topological polar surface area (TPSA) is 58.6 Å². The summed E-state index contributed by atoms with van der Waals surface area (Å²) in [5, 5.41) is 0. The van der Waals surface area contributed by atoms with Gasteiger partial charge in [-0.05, 0) is 31.5 Å². The minimum absolute atomic E-state index is 0.104. The Labute approximate surface area is 121 Å². The second-order valence-corrected chi connectivity index (χ2v) is 7.02. The van der Waals surface area contributed by atoms with Gasteiger partial charge in [0.05, 0.1) is 18.1 Å². The number of sulfonamides is 1. The fraction of sp³-hybridized carbons (Fsp3) is 0.571. The van der Waals surface area contributed by atoms with Gasteiger partial charge >= 0.3 is 0 Å². The third-order valence-electron chi connectivity index (χ3n) is 3.13. The largest absolute Gasteiger partial charge is 0.379 e. The number of rotatable bonds is 5. The number of hydrogen-bond donors (Lipinski definition) is 1. The number of benzene rings is 1. The van der Waals surface area contributed by atoms with Crippen molar-refractivity contribution in [2.75, 3.05) is 26.3 Å². The van der Waals surface area contributed by atoms with Crippen LogP contribution in [0, 0.1) is 0 Å². The summed E-state index contributed by atoms with van der Waals surface area (Å²) in [6.45, 7) is 7.84. The molecular weight excluding hydrogens is 276 g/mol. The highest BCUT2D eigenvalue weighted by molar-refractivity contribution is 7.89. The Hall–Kier alpha value is -0.950. The van der Waals surface area contributed by atoms with Gasteiger partial charge in [-0.15, -0.1) is 0 Å². The number of ether oxygens (including phenoxy) is 1. The van der Waals surface area contributed by atoms with Crippen LogP contribution in [0.25, 0.3) is 0 Å².